The number of ether oxygens (including phenoxy) is 2. The summed E-state index contributed by atoms with van der Waals surface area (Å²) in [4.78, 5) is 45.9. The van der Waals surface area contributed by atoms with Gasteiger partial charge in [0.15, 0.2) is 12.2 Å². The minimum Gasteiger partial charge on any atom is -0.480 e. The molecule has 2 amide bonds. The number of esters is 1. The fourth-order valence-corrected chi connectivity index (χ4v) is 1.94. The number of hydrogen-bond donors (Lipinski definition) is 4. The SMILES string of the molecule is CCC[C@H](NC(=O)[C@@H](N)CNC(=O)C1OC1C(=O)OCC)C(=O)O. The van der Waals surface area contributed by atoms with Gasteiger partial charge in [0.2, 0.25) is 5.91 Å². The largest absolute Gasteiger partial charge is 0.480 e. The molecule has 10 nitrogen and oxygen atoms in total. The van der Waals surface area contributed by atoms with Gasteiger partial charge < -0.3 is 30.9 Å². The summed E-state index contributed by atoms with van der Waals surface area (Å²) in [6.07, 6.45) is -1.03. The zero-order valence-corrected chi connectivity index (χ0v) is 13.6. The van der Waals surface area contributed by atoms with Gasteiger partial charge in [-0.1, -0.05) is 13.3 Å². The minimum absolute atomic E-state index is 0.181. The van der Waals surface area contributed by atoms with E-state index < -0.39 is 48.0 Å². The van der Waals surface area contributed by atoms with E-state index in [2.05, 4.69) is 10.6 Å². The van der Waals surface area contributed by atoms with E-state index in [1.807, 2.05) is 0 Å². The van der Waals surface area contributed by atoms with Crippen LogP contribution >= 0.6 is 0 Å². The van der Waals surface area contributed by atoms with E-state index in [-0.39, 0.29) is 19.6 Å². The monoisotopic (exact) mass is 345 g/mol. The smallest absolute Gasteiger partial charge is 0.338 e. The third-order valence-corrected chi connectivity index (χ3v) is 3.29. The van der Waals surface area contributed by atoms with Crippen molar-refractivity contribution in [1.82, 2.24) is 10.6 Å². The van der Waals surface area contributed by atoms with Crippen LogP contribution in [0.2, 0.25) is 0 Å². The average Bonchev–Trinajstić information content (AvgIpc) is 3.32. The molecule has 1 aliphatic rings. The summed E-state index contributed by atoms with van der Waals surface area (Å²) < 4.78 is 9.62. The Labute approximate surface area is 139 Å². The maximum absolute atomic E-state index is 11.8. The number of nitrogens with two attached hydrogens (primary N) is 1. The van der Waals surface area contributed by atoms with Gasteiger partial charge in [0.25, 0.3) is 5.91 Å². The molecule has 1 aliphatic heterocycles. The number of rotatable bonds is 10. The predicted molar refractivity (Wildman–Crippen MR) is 80.8 cm³/mol. The van der Waals surface area contributed by atoms with Crippen LogP contribution in [-0.2, 0) is 28.7 Å². The fraction of sp³-hybridized carbons (Fsp3) is 0.714. The van der Waals surface area contributed by atoms with Crippen LogP contribution in [0.5, 0.6) is 0 Å². The first-order chi connectivity index (χ1) is 11.3. The Kier molecular flexibility index (Phi) is 7.59. The standard InChI is InChI=1S/C14H23N3O7/c1-3-5-8(13(20)21)17-11(18)7(15)6-16-12(19)9-10(24-9)14(22)23-4-2/h7-10H,3-6,15H2,1-2H3,(H,16,19)(H,17,18)(H,20,21)/t7-,8-,9?,10?/m0/s1. The molecular weight excluding hydrogens is 322 g/mol. The molecule has 1 heterocycles. The molecule has 0 bridgehead atoms. The lowest BCUT2D eigenvalue weighted by molar-refractivity contribution is -0.144. The van der Waals surface area contributed by atoms with Gasteiger partial charge >= 0.3 is 11.9 Å². The maximum atomic E-state index is 11.8. The van der Waals surface area contributed by atoms with Gasteiger partial charge in [0.05, 0.1) is 6.61 Å². The van der Waals surface area contributed by atoms with E-state index in [0.717, 1.165) is 0 Å². The number of carbonyl (C=O) groups excluding carboxylic acids is 3. The Morgan fingerprint density at radius 3 is 2.46 bits per heavy atom. The van der Waals surface area contributed by atoms with E-state index in [1.54, 1.807) is 13.8 Å². The molecule has 2 unspecified atom stereocenters. The summed E-state index contributed by atoms with van der Waals surface area (Å²) in [6.45, 7) is 3.40. The van der Waals surface area contributed by atoms with Crippen molar-refractivity contribution in [3.05, 3.63) is 0 Å². The first kappa shape index (κ1) is 19.8. The number of aliphatic carboxylic acids is 1. The van der Waals surface area contributed by atoms with Gasteiger partial charge in [-0.15, -0.1) is 0 Å². The molecular formula is C14H23N3O7. The van der Waals surface area contributed by atoms with Gasteiger partial charge in [-0.25, -0.2) is 9.59 Å². The van der Waals surface area contributed by atoms with Crippen molar-refractivity contribution in [3.63, 3.8) is 0 Å². The Morgan fingerprint density at radius 2 is 1.92 bits per heavy atom. The van der Waals surface area contributed by atoms with Gasteiger partial charge in [-0.3, -0.25) is 9.59 Å². The normalized spacial score (nSPS) is 21.3. The zero-order chi connectivity index (χ0) is 18.3. The van der Waals surface area contributed by atoms with Crippen LogP contribution in [0.15, 0.2) is 0 Å². The molecule has 0 aromatic carbocycles. The zero-order valence-electron chi connectivity index (χ0n) is 13.6. The Hall–Kier alpha value is -2.20. The predicted octanol–water partition coefficient (Wildman–Crippen LogP) is -1.87. The molecule has 1 fully saturated rings. The number of carbonyl (C=O) groups is 4. The fourth-order valence-electron chi connectivity index (χ4n) is 1.94. The van der Waals surface area contributed by atoms with Crippen LogP contribution in [0.3, 0.4) is 0 Å². The lowest BCUT2D eigenvalue weighted by Crippen LogP contribution is -2.52. The maximum Gasteiger partial charge on any atom is 0.338 e. The number of hydrogen-bond acceptors (Lipinski definition) is 7. The van der Waals surface area contributed by atoms with Crippen LogP contribution in [0, 0.1) is 0 Å². The van der Waals surface area contributed by atoms with Crippen molar-refractivity contribution in [1.29, 1.82) is 0 Å². The van der Waals surface area contributed by atoms with Crippen molar-refractivity contribution in [3.8, 4) is 0 Å². The molecule has 0 aromatic heterocycles. The van der Waals surface area contributed by atoms with Crippen molar-refractivity contribution < 1.29 is 33.8 Å². The Bertz CT molecular complexity index is 497. The molecule has 5 N–H and O–H groups in total. The molecule has 4 atom stereocenters. The third-order valence-electron chi connectivity index (χ3n) is 3.29. The quantitative estimate of drug-likeness (QED) is 0.264. The first-order valence-corrected chi connectivity index (χ1v) is 7.70. The minimum atomic E-state index is -1.15. The summed E-state index contributed by atoms with van der Waals surface area (Å²) >= 11 is 0. The molecule has 0 spiro atoms. The topological polar surface area (TPSA) is 160 Å². The molecule has 0 aromatic rings. The highest BCUT2D eigenvalue weighted by molar-refractivity contribution is 5.93. The summed E-state index contributed by atoms with van der Waals surface area (Å²) in [6, 6.07) is -2.14. The third kappa shape index (κ3) is 5.78. The molecule has 24 heavy (non-hydrogen) atoms. The Morgan fingerprint density at radius 1 is 1.25 bits per heavy atom. The highest BCUT2D eigenvalue weighted by Gasteiger charge is 2.51. The van der Waals surface area contributed by atoms with Crippen molar-refractivity contribution in [2.75, 3.05) is 13.2 Å². The molecule has 0 radical (unpaired) electrons. The number of epoxide rings is 1. The highest BCUT2D eigenvalue weighted by Crippen LogP contribution is 2.23. The second-order valence-corrected chi connectivity index (χ2v) is 5.27. The average molecular weight is 345 g/mol. The van der Waals surface area contributed by atoms with E-state index >= 15 is 0 Å². The lowest BCUT2D eigenvalue weighted by Gasteiger charge is -2.17. The van der Waals surface area contributed by atoms with E-state index in [9.17, 15) is 19.2 Å². The highest BCUT2D eigenvalue weighted by atomic mass is 16.6. The second kappa shape index (κ2) is 9.18. The van der Waals surface area contributed by atoms with Crippen molar-refractivity contribution in [2.24, 2.45) is 5.73 Å². The second-order valence-electron chi connectivity index (χ2n) is 5.27. The van der Waals surface area contributed by atoms with Crippen molar-refractivity contribution in [2.45, 2.75) is 51.0 Å². The Balaban J connectivity index is 2.36. The first-order valence-electron chi connectivity index (χ1n) is 7.70. The number of amides is 2. The summed E-state index contributed by atoms with van der Waals surface area (Å²) in [7, 11) is 0. The van der Waals surface area contributed by atoms with E-state index in [1.165, 1.54) is 0 Å². The van der Waals surface area contributed by atoms with Gasteiger partial charge in [0, 0.05) is 6.54 Å². The van der Waals surface area contributed by atoms with Gasteiger partial charge in [0.1, 0.15) is 12.1 Å². The van der Waals surface area contributed by atoms with Crippen LogP contribution in [0.25, 0.3) is 0 Å². The van der Waals surface area contributed by atoms with Crippen LogP contribution < -0.4 is 16.4 Å². The molecule has 1 rings (SSSR count). The van der Waals surface area contributed by atoms with Crippen LogP contribution in [0.4, 0.5) is 0 Å². The molecule has 0 aliphatic carbocycles. The van der Waals surface area contributed by atoms with Crippen LogP contribution in [0.1, 0.15) is 26.7 Å². The van der Waals surface area contributed by atoms with Gasteiger partial charge in [-0.2, -0.15) is 0 Å². The summed E-state index contributed by atoms with van der Waals surface area (Å²) in [5.74, 6) is -3.04. The number of carboxylic acid groups (broad SMARTS) is 1. The molecule has 0 saturated carbocycles. The van der Waals surface area contributed by atoms with Crippen molar-refractivity contribution >= 4 is 23.8 Å². The van der Waals surface area contributed by atoms with Gasteiger partial charge in [-0.05, 0) is 13.3 Å². The molecule has 1 saturated heterocycles. The number of nitrogens with one attached hydrogen (secondary N) is 2. The number of carboxylic acids is 1. The van der Waals surface area contributed by atoms with Crippen LogP contribution in [-0.4, -0.2) is 66.3 Å². The summed E-state index contributed by atoms with van der Waals surface area (Å²) in [5, 5.41) is 13.7. The molecule has 10 heteroatoms. The van der Waals surface area contributed by atoms with E-state index in [4.69, 9.17) is 20.3 Å². The lowest BCUT2D eigenvalue weighted by atomic mass is 10.1. The molecule has 136 valence electrons. The summed E-state index contributed by atoms with van der Waals surface area (Å²) in [5.41, 5.74) is 5.62. The van der Waals surface area contributed by atoms with E-state index in [0.29, 0.717) is 6.42 Å².